The zero-order valence-corrected chi connectivity index (χ0v) is 12.2. The molecule has 1 aromatic rings. The van der Waals surface area contributed by atoms with E-state index in [1.807, 2.05) is 13.1 Å². The minimum absolute atomic E-state index is 0.147. The number of hydrogen-bond donors (Lipinski definition) is 1. The second-order valence-corrected chi connectivity index (χ2v) is 5.87. The molecular formula is C16H25FN2. The molecule has 1 aliphatic rings. The van der Waals surface area contributed by atoms with Crippen LogP contribution in [0, 0.1) is 17.7 Å². The van der Waals surface area contributed by atoms with Crippen molar-refractivity contribution < 1.29 is 4.39 Å². The molecule has 0 bridgehead atoms. The lowest BCUT2D eigenvalue weighted by molar-refractivity contribution is 0.311. The number of halogens is 1. The molecule has 1 N–H and O–H groups in total. The van der Waals surface area contributed by atoms with E-state index >= 15 is 0 Å². The highest BCUT2D eigenvalue weighted by Gasteiger charge is 2.22. The van der Waals surface area contributed by atoms with Crippen molar-refractivity contribution in [3.05, 3.63) is 29.6 Å². The largest absolute Gasteiger partial charge is 0.371 e. The average molecular weight is 264 g/mol. The van der Waals surface area contributed by atoms with Gasteiger partial charge in [-0.2, -0.15) is 0 Å². The van der Waals surface area contributed by atoms with Crippen molar-refractivity contribution in [1.29, 1.82) is 0 Å². The third kappa shape index (κ3) is 3.47. The highest BCUT2D eigenvalue weighted by atomic mass is 19.1. The molecule has 1 aliphatic heterocycles. The second kappa shape index (κ2) is 6.38. The summed E-state index contributed by atoms with van der Waals surface area (Å²) in [6.07, 6.45) is 2.49. The lowest BCUT2D eigenvalue weighted by atomic mass is 9.86. The van der Waals surface area contributed by atoms with Gasteiger partial charge in [0.2, 0.25) is 0 Å². The van der Waals surface area contributed by atoms with Crippen LogP contribution in [0.5, 0.6) is 0 Å². The Kier molecular flexibility index (Phi) is 4.81. The molecule has 2 nitrogen and oxygen atoms in total. The molecule has 106 valence electrons. The summed E-state index contributed by atoms with van der Waals surface area (Å²) in [6.45, 7) is 7.52. The number of rotatable bonds is 4. The van der Waals surface area contributed by atoms with E-state index in [0.29, 0.717) is 0 Å². The Labute approximate surface area is 116 Å². The fraction of sp³-hybridized carbons (Fsp3) is 0.625. The van der Waals surface area contributed by atoms with Crippen LogP contribution >= 0.6 is 0 Å². The lowest BCUT2D eigenvalue weighted by Crippen LogP contribution is -2.36. The van der Waals surface area contributed by atoms with E-state index in [1.54, 1.807) is 12.1 Å². The van der Waals surface area contributed by atoms with Gasteiger partial charge in [0.25, 0.3) is 0 Å². The maximum atomic E-state index is 13.4. The first-order chi connectivity index (χ1) is 9.11. The highest BCUT2D eigenvalue weighted by molar-refractivity contribution is 5.54. The van der Waals surface area contributed by atoms with Gasteiger partial charge >= 0.3 is 0 Å². The summed E-state index contributed by atoms with van der Waals surface area (Å²) in [5.74, 6) is 1.46. The fourth-order valence-electron chi connectivity index (χ4n) is 3.00. The quantitative estimate of drug-likeness (QED) is 0.896. The molecule has 3 heteroatoms. The molecule has 0 aliphatic carbocycles. The van der Waals surface area contributed by atoms with E-state index in [2.05, 4.69) is 24.1 Å². The van der Waals surface area contributed by atoms with Gasteiger partial charge in [-0.3, -0.25) is 0 Å². The predicted molar refractivity (Wildman–Crippen MR) is 78.9 cm³/mol. The van der Waals surface area contributed by atoms with Crippen molar-refractivity contribution in [2.24, 2.45) is 11.8 Å². The van der Waals surface area contributed by atoms with Crippen LogP contribution in [0.1, 0.15) is 32.3 Å². The number of piperidine rings is 1. The van der Waals surface area contributed by atoms with Gasteiger partial charge in [0.15, 0.2) is 0 Å². The van der Waals surface area contributed by atoms with E-state index in [0.717, 1.165) is 37.0 Å². The number of nitrogens with zero attached hydrogens (tertiary/aromatic N) is 1. The topological polar surface area (TPSA) is 15.3 Å². The zero-order valence-electron chi connectivity index (χ0n) is 12.2. The fourth-order valence-corrected chi connectivity index (χ4v) is 3.00. The molecule has 0 unspecified atom stereocenters. The summed E-state index contributed by atoms with van der Waals surface area (Å²) in [4.78, 5) is 2.41. The van der Waals surface area contributed by atoms with Crippen molar-refractivity contribution >= 4 is 5.69 Å². The molecule has 2 rings (SSSR count). The van der Waals surface area contributed by atoms with Crippen LogP contribution in [-0.2, 0) is 6.54 Å². The van der Waals surface area contributed by atoms with Gasteiger partial charge < -0.3 is 10.2 Å². The Bertz CT molecular complexity index is 409. The minimum atomic E-state index is -0.147. The standard InChI is InChI=1S/C16H25FN2/c1-12(2)13-6-8-19(9-7-13)16-5-4-15(17)10-14(16)11-18-3/h4-5,10,12-13,18H,6-9,11H2,1-3H3. The van der Waals surface area contributed by atoms with Crippen molar-refractivity contribution in [3.63, 3.8) is 0 Å². The van der Waals surface area contributed by atoms with Crippen molar-refractivity contribution in [1.82, 2.24) is 5.32 Å². The van der Waals surface area contributed by atoms with Crippen molar-refractivity contribution in [2.75, 3.05) is 25.0 Å². The van der Waals surface area contributed by atoms with Gasteiger partial charge in [0.05, 0.1) is 0 Å². The second-order valence-electron chi connectivity index (χ2n) is 5.87. The number of benzene rings is 1. The van der Waals surface area contributed by atoms with E-state index in [-0.39, 0.29) is 5.82 Å². The summed E-state index contributed by atoms with van der Waals surface area (Å²) in [5, 5.41) is 3.12. The summed E-state index contributed by atoms with van der Waals surface area (Å²) >= 11 is 0. The molecular weight excluding hydrogens is 239 g/mol. The zero-order chi connectivity index (χ0) is 13.8. The van der Waals surface area contributed by atoms with Gasteiger partial charge in [-0.25, -0.2) is 4.39 Å². The first-order valence-corrected chi connectivity index (χ1v) is 7.29. The summed E-state index contributed by atoms with van der Waals surface area (Å²) in [5.41, 5.74) is 2.25. The summed E-state index contributed by atoms with van der Waals surface area (Å²) in [7, 11) is 1.90. The van der Waals surface area contributed by atoms with Crippen LogP contribution in [0.3, 0.4) is 0 Å². The molecule has 1 heterocycles. The lowest BCUT2D eigenvalue weighted by Gasteiger charge is -2.36. The van der Waals surface area contributed by atoms with Gasteiger partial charge in [-0.15, -0.1) is 0 Å². The third-order valence-corrected chi connectivity index (χ3v) is 4.23. The van der Waals surface area contributed by atoms with Gasteiger partial charge in [0, 0.05) is 25.3 Å². The van der Waals surface area contributed by atoms with Crippen LogP contribution in [0.25, 0.3) is 0 Å². The maximum absolute atomic E-state index is 13.4. The monoisotopic (exact) mass is 264 g/mol. The Hall–Kier alpha value is -1.09. The minimum Gasteiger partial charge on any atom is -0.371 e. The molecule has 0 spiro atoms. The Morgan fingerprint density at radius 2 is 2.00 bits per heavy atom. The maximum Gasteiger partial charge on any atom is 0.123 e. The van der Waals surface area contributed by atoms with Gasteiger partial charge in [-0.05, 0) is 55.5 Å². The van der Waals surface area contributed by atoms with Crippen LogP contribution in [-0.4, -0.2) is 20.1 Å². The Morgan fingerprint density at radius 1 is 1.32 bits per heavy atom. The van der Waals surface area contributed by atoms with Crippen LogP contribution in [0.15, 0.2) is 18.2 Å². The van der Waals surface area contributed by atoms with E-state index in [9.17, 15) is 4.39 Å². The highest BCUT2D eigenvalue weighted by Crippen LogP contribution is 2.30. The predicted octanol–water partition coefficient (Wildman–Crippen LogP) is 3.42. The normalized spacial score (nSPS) is 17.2. The molecule has 0 aromatic heterocycles. The van der Waals surface area contributed by atoms with Crippen molar-refractivity contribution in [3.8, 4) is 0 Å². The molecule has 1 fully saturated rings. The van der Waals surface area contributed by atoms with Crippen molar-refractivity contribution in [2.45, 2.75) is 33.2 Å². The summed E-state index contributed by atoms with van der Waals surface area (Å²) in [6, 6.07) is 5.15. The van der Waals surface area contributed by atoms with E-state index in [4.69, 9.17) is 0 Å². The molecule has 1 saturated heterocycles. The third-order valence-electron chi connectivity index (χ3n) is 4.23. The smallest absolute Gasteiger partial charge is 0.123 e. The molecule has 0 saturated carbocycles. The number of anilines is 1. The number of nitrogens with one attached hydrogen (secondary N) is 1. The number of hydrogen-bond acceptors (Lipinski definition) is 2. The van der Waals surface area contributed by atoms with E-state index < -0.39 is 0 Å². The molecule has 0 amide bonds. The van der Waals surface area contributed by atoms with Crippen LogP contribution in [0.2, 0.25) is 0 Å². The Balaban J connectivity index is 2.10. The first-order valence-electron chi connectivity index (χ1n) is 7.29. The molecule has 1 aromatic carbocycles. The van der Waals surface area contributed by atoms with Crippen LogP contribution < -0.4 is 10.2 Å². The average Bonchev–Trinajstić information content (AvgIpc) is 2.39. The van der Waals surface area contributed by atoms with E-state index in [1.165, 1.54) is 18.5 Å². The first kappa shape index (κ1) is 14.3. The molecule has 19 heavy (non-hydrogen) atoms. The molecule has 0 radical (unpaired) electrons. The van der Waals surface area contributed by atoms with Gasteiger partial charge in [-0.1, -0.05) is 13.8 Å². The Morgan fingerprint density at radius 3 is 2.58 bits per heavy atom. The SMILES string of the molecule is CNCc1cc(F)ccc1N1CCC(C(C)C)CC1. The molecule has 0 atom stereocenters. The summed E-state index contributed by atoms with van der Waals surface area (Å²) < 4.78 is 13.4. The van der Waals surface area contributed by atoms with Gasteiger partial charge in [0.1, 0.15) is 5.82 Å². The van der Waals surface area contributed by atoms with Crippen LogP contribution in [0.4, 0.5) is 10.1 Å².